The van der Waals surface area contributed by atoms with Gasteiger partial charge in [-0.05, 0) is 33.2 Å². The topological polar surface area (TPSA) is 39.1 Å². The second kappa shape index (κ2) is 5.26. The van der Waals surface area contributed by atoms with Crippen molar-refractivity contribution in [2.24, 2.45) is 5.92 Å². The largest absolute Gasteiger partial charge is 0.493 e. The summed E-state index contributed by atoms with van der Waals surface area (Å²) in [4.78, 5) is 0. The summed E-state index contributed by atoms with van der Waals surface area (Å²) >= 11 is 0. The summed E-state index contributed by atoms with van der Waals surface area (Å²) in [6.07, 6.45) is 3.53. The second-order valence-corrected chi connectivity index (χ2v) is 5.00. The molecule has 1 saturated heterocycles. The van der Waals surface area contributed by atoms with Gasteiger partial charge in [-0.3, -0.25) is 4.68 Å². The number of ether oxygens (including phenoxy) is 1. The van der Waals surface area contributed by atoms with Crippen LogP contribution in [0, 0.1) is 5.92 Å². The van der Waals surface area contributed by atoms with Crippen molar-refractivity contribution in [3.63, 3.8) is 0 Å². The summed E-state index contributed by atoms with van der Waals surface area (Å²) in [5, 5.41) is 7.47. The standard InChI is InChI=1S/C13H22FN3O/c1-4-17-12(11(18-3)9-16-17)13(2,14)10-6-5-7-15-8-10/h9-10,15H,4-8H2,1-3H3. The minimum Gasteiger partial charge on any atom is -0.493 e. The number of aryl methyl sites for hydroxylation is 1. The number of piperidine rings is 1. The van der Waals surface area contributed by atoms with Crippen LogP contribution in [-0.2, 0) is 12.2 Å². The first kappa shape index (κ1) is 13.3. The van der Waals surface area contributed by atoms with E-state index in [1.165, 1.54) is 0 Å². The maximum atomic E-state index is 15.3. The lowest BCUT2D eigenvalue weighted by molar-refractivity contribution is 0.0685. The monoisotopic (exact) mass is 255 g/mol. The van der Waals surface area contributed by atoms with E-state index < -0.39 is 5.67 Å². The highest BCUT2D eigenvalue weighted by atomic mass is 19.1. The molecule has 0 bridgehead atoms. The first-order chi connectivity index (χ1) is 8.61. The molecule has 1 aliphatic heterocycles. The average molecular weight is 255 g/mol. The molecule has 0 aromatic carbocycles. The lowest BCUT2D eigenvalue weighted by Gasteiger charge is -2.34. The lowest BCUT2D eigenvalue weighted by Crippen LogP contribution is -2.41. The van der Waals surface area contributed by atoms with Crippen LogP contribution in [0.4, 0.5) is 4.39 Å². The second-order valence-electron chi connectivity index (χ2n) is 5.00. The Morgan fingerprint density at radius 2 is 2.44 bits per heavy atom. The van der Waals surface area contributed by atoms with Crippen molar-refractivity contribution in [1.29, 1.82) is 0 Å². The zero-order chi connectivity index (χ0) is 13.2. The molecule has 1 fully saturated rings. The molecule has 18 heavy (non-hydrogen) atoms. The molecule has 2 rings (SSSR count). The molecule has 2 unspecified atom stereocenters. The van der Waals surface area contributed by atoms with E-state index in [-0.39, 0.29) is 5.92 Å². The zero-order valence-electron chi connectivity index (χ0n) is 11.4. The minimum atomic E-state index is -1.41. The molecular weight excluding hydrogens is 233 g/mol. The number of hydrogen-bond acceptors (Lipinski definition) is 3. The van der Waals surface area contributed by atoms with Gasteiger partial charge >= 0.3 is 0 Å². The van der Waals surface area contributed by atoms with Crippen LogP contribution in [0.2, 0.25) is 0 Å². The zero-order valence-corrected chi connectivity index (χ0v) is 11.4. The van der Waals surface area contributed by atoms with E-state index in [0.717, 1.165) is 19.4 Å². The summed E-state index contributed by atoms with van der Waals surface area (Å²) in [7, 11) is 1.57. The van der Waals surface area contributed by atoms with Crippen LogP contribution in [-0.4, -0.2) is 30.0 Å². The van der Waals surface area contributed by atoms with Crippen molar-refractivity contribution < 1.29 is 9.13 Å². The highest BCUT2D eigenvalue weighted by molar-refractivity contribution is 5.31. The number of methoxy groups -OCH3 is 1. The molecule has 102 valence electrons. The molecule has 0 spiro atoms. The highest BCUT2D eigenvalue weighted by Gasteiger charge is 2.41. The van der Waals surface area contributed by atoms with Crippen LogP contribution in [0.25, 0.3) is 0 Å². The van der Waals surface area contributed by atoms with Crippen LogP contribution in [0.3, 0.4) is 0 Å². The van der Waals surface area contributed by atoms with E-state index in [1.54, 1.807) is 24.9 Å². The van der Waals surface area contributed by atoms with Crippen molar-refractivity contribution >= 4 is 0 Å². The van der Waals surface area contributed by atoms with Gasteiger partial charge < -0.3 is 10.1 Å². The van der Waals surface area contributed by atoms with Gasteiger partial charge in [0.15, 0.2) is 11.4 Å². The van der Waals surface area contributed by atoms with E-state index in [1.807, 2.05) is 6.92 Å². The van der Waals surface area contributed by atoms with Gasteiger partial charge in [-0.25, -0.2) is 4.39 Å². The molecule has 2 heterocycles. The van der Waals surface area contributed by atoms with Crippen molar-refractivity contribution in [3.8, 4) is 5.75 Å². The Hall–Kier alpha value is -1.10. The molecule has 0 amide bonds. The molecule has 0 radical (unpaired) electrons. The Bertz CT molecular complexity index is 375. The SMILES string of the molecule is CCn1ncc(OC)c1C(C)(F)C1CCCNC1. The molecule has 2 atom stereocenters. The van der Waals surface area contributed by atoms with Gasteiger partial charge in [0, 0.05) is 19.0 Å². The summed E-state index contributed by atoms with van der Waals surface area (Å²) in [6.45, 7) is 5.96. The first-order valence-corrected chi connectivity index (χ1v) is 6.61. The summed E-state index contributed by atoms with van der Waals surface area (Å²) in [5.41, 5.74) is -0.841. The first-order valence-electron chi connectivity index (χ1n) is 6.61. The molecule has 1 aliphatic rings. The number of aromatic nitrogens is 2. The Kier molecular flexibility index (Phi) is 3.90. The fourth-order valence-electron chi connectivity index (χ4n) is 2.76. The van der Waals surface area contributed by atoms with Gasteiger partial charge in [-0.15, -0.1) is 0 Å². The van der Waals surface area contributed by atoms with Crippen LogP contribution in [0.15, 0.2) is 6.20 Å². The normalized spacial score (nSPS) is 23.7. The fraction of sp³-hybridized carbons (Fsp3) is 0.769. The average Bonchev–Trinajstić information content (AvgIpc) is 2.83. The third-order valence-corrected chi connectivity index (χ3v) is 3.85. The van der Waals surface area contributed by atoms with E-state index in [0.29, 0.717) is 24.5 Å². The summed E-state index contributed by atoms with van der Waals surface area (Å²) < 4.78 is 22.2. The number of halogens is 1. The maximum absolute atomic E-state index is 15.3. The Morgan fingerprint density at radius 3 is 3.00 bits per heavy atom. The van der Waals surface area contributed by atoms with Crippen molar-refractivity contribution in [2.45, 2.75) is 38.9 Å². The highest BCUT2D eigenvalue weighted by Crippen LogP contribution is 2.41. The van der Waals surface area contributed by atoms with Crippen molar-refractivity contribution in [1.82, 2.24) is 15.1 Å². The van der Waals surface area contributed by atoms with Gasteiger partial charge in [0.2, 0.25) is 0 Å². The maximum Gasteiger partial charge on any atom is 0.163 e. The van der Waals surface area contributed by atoms with Crippen LogP contribution >= 0.6 is 0 Å². The van der Waals surface area contributed by atoms with Gasteiger partial charge in [0.05, 0.1) is 13.3 Å². The van der Waals surface area contributed by atoms with Crippen LogP contribution in [0.1, 0.15) is 32.4 Å². The molecular formula is C13H22FN3O. The molecule has 1 aromatic heterocycles. The van der Waals surface area contributed by atoms with Crippen LogP contribution in [0.5, 0.6) is 5.75 Å². The molecule has 0 saturated carbocycles. The van der Waals surface area contributed by atoms with Gasteiger partial charge in [0.25, 0.3) is 0 Å². The van der Waals surface area contributed by atoms with E-state index in [4.69, 9.17) is 4.74 Å². The number of nitrogens with one attached hydrogen (secondary N) is 1. The smallest absolute Gasteiger partial charge is 0.163 e. The van der Waals surface area contributed by atoms with Crippen molar-refractivity contribution in [2.75, 3.05) is 20.2 Å². The molecule has 1 aromatic rings. The predicted octanol–water partition coefficient (Wildman–Crippen LogP) is 2.10. The Morgan fingerprint density at radius 1 is 1.67 bits per heavy atom. The third-order valence-electron chi connectivity index (χ3n) is 3.85. The Balaban J connectivity index is 2.34. The third kappa shape index (κ3) is 2.23. The summed E-state index contributed by atoms with van der Waals surface area (Å²) in [6, 6.07) is 0. The van der Waals surface area contributed by atoms with E-state index in [2.05, 4.69) is 10.4 Å². The Labute approximate surface area is 108 Å². The molecule has 5 heteroatoms. The van der Waals surface area contributed by atoms with Gasteiger partial charge in [-0.1, -0.05) is 0 Å². The fourth-order valence-corrected chi connectivity index (χ4v) is 2.76. The van der Waals surface area contributed by atoms with Crippen molar-refractivity contribution in [3.05, 3.63) is 11.9 Å². The van der Waals surface area contributed by atoms with Gasteiger partial charge in [0.1, 0.15) is 5.69 Å². The number of nitrogens with zero attached hydrogens (tertiary/aromatic N) is 2. The number of hydrogen-bond donors (Lipinski definition) is 1. The lowest BCUT2D eigenvalue weighted by atomic mass is 9.82. The molecule has 1 N–H and O–H groups in total. The van der Waals surface area contributed by atoms with E-state index >= 15 is 4.39 Å². The van der Waals surface area contributed by atoms with Gasteiger partial charge in [-0.2, -0.15) is 5.10 Å². The van der Waals surface area contributed by atoms with E-state index in [9.17, 15) is 0 Å². The minimum absolute atomic E-state index is 0.0258. The molecule has 0 aliphatic carbocycles. The van der Waals surface area contributed by atoms with Crippen LogP contribution < -0.4 is 10.1 Å². The number of alkyl halides is 1. The summed E-state index contributed by atoms with van der Waals surface area (Å²) in [5.74, 6) is 0.523. The quantitative estimate of drug-likeness (QED) is 0.895. The molecule has 4 nitrogen and oxygen atoms in total. The predicted molar refractivity (Wildman–Crippen MR) is 68.5 cm³/mol. The number of rotatable bonds is 4.